The van der Waals surface area contributed by atoms with Gasteiger partial charge in [-0.25, -0.2) is 4.39 Å². The van der Waals surface area contributed by atoms with Gasteiger partial charge in [0.2, 0.25) is 17.7 Å². The average molecular weight is 363 g/mol. The fraction of sp³-hybridized carbons (Fsp3) is 0.389. The van der Waals surface area contributed by atoms with Crippen LogP contribution in [0.5, 0.6) is 0 Å². The van der Waals surface area contributed by atoms with Gasteiger partial charge < -0.3 is 20.7 Å². The standard InChI is InChI=1S/C18H22FN3O4/c1-3-16(23)22-15-10-13(4-5-14(15)19)21-17(24)11(2)20-18(25)12-6-8-26-9-7-12/h3-5,10-12H,1,6-9H2,2H3,(H,20,25)(H,21,24)(H,22,23). The highest BCUT2D eigenvalue weighted by Crippen LogP contribution is 2.20. The first kappa shape index (κ1) is 19.6. The zero-order valence-electron chi connectivity index (χ0n) is 14.5. The van der Waals surface area contributed by atoms with Gasteiger partial charge in [-0.15, -0.1) is 0 Å². The van der Waals surface area contributed by atoms with Gasteiger partial charge in [0.25, 0.3) is 0 Å². The Labute approximate surface area is 151 Å². The summed E-state index contributed by atoms with van der Waals surface area (Å²) in [6.45, 7) is 5.93. The summed E-state index contributed by atoms with van der Waals surface area (Å²) in [4.78, 5) is 35.7. The third-order valence-electron chi connectivity index (χ3n) is 4.02. The number of amides is 3. The van der Waals surface area contributed by atoms with Gasteiger partial charge >= 0.3 is 0 Å². The highest BCUT2D eigenvalue weighted by Gasteiger charge is 2.24. The maximum Gasteiger partial charge on any atom is 0.247 e. The summed E-state index contributed by atoms with van der Waals surface area (Å²) in [6, 6.07) is 3.02. The van der Waals surface area contributed by atoms with Crippen molar-refractivity contribution >= 4 is 29.1 Å². The molecule has 1 aromatic rings. The van der Waals surface area contributed by atoms with Crippen LogP contribution in [-0.4, -0.2) is 37.0 Å². The predicted octanol–water partition coefficient (Wildman–Crippen LogP) is 1.82. The quantitative estimate of drug-likeness (QED) is 0.672. The Morgan fingerprint density at radius 1 is 1.27 bits per heavy atom. The van der Waals surface area contributed by atoms with E-state index in [4.69, 9.17) is 4.74 Å². The summed E-state index contributed by atoms with van der Waals surface area (Å²) >= 11 is 0. The Bertz CT molecular complexity index is 702. The van der Waals surface area contributed by atoms with Crippen LogP contribution in [0.3, 0.4) is 0 Å². The van der Waals surface area contributed by atoms with E-state index in [1.54, 1.807) is 6.92 Å². The van der Waals surface area contributed by atoms with Crippen molar-refractivity contribution in [3.63, 3.8) is 0 Å². The largest absolute Gasteiger partial charge is 0.381 e. The normalized spacial score (nSPS) is 15.6. The van der Waals surface area contributed by atoms with E-state index in [2.05, 4.69) is 22.5 Å². The van der Waals surface area contributed by atoms with E-state index in [1.807, 2.05) is 0 Å². The highest BCUT2D eigenvalue weighted by atomic mass is 19.1. The van der Waals surface area contributed by atoms with Crippen molar-refractivity contribution in [3.8, 4) is 0 Å². The first-order chi connectivity index (χ1) is 12.4. The summed E-state index contributed by atoms with van der Waals surface area (Å²) in [6.07, 6.45) is 2.27. The minimum atomic E-state index is -0.762. The van der Waals surface area contributed by atoms with E-state index in [1.165, 1.54) is 12.1 Å². The first-order valence-corrected chi connectivity index (χ1v) is 8.32. The number of rotatable bonds is 6. The fourth-order valence-electron chi connectivity index (χ4n) is 2.49. The smallest absolute Gasteiger partial charge is 0.247 e. The number of halogens is 1. The summed E-state index contributed by atoms with van der Waals surface area (Å²) in [5, 5.41) is 7.57. The van der Waals surface area contributed by atoms with Crippen LogP contribution in [0.4, 0.5) is 15.8 Å². The predicted molar refractivity (Wildman–Crippen MR) is 95.0 cm³/mol. The second-order valence-electron chi connectivity index (χ2n) is 5.99. The number of nitrogens with one attached hydrogen (secondary N) is 3. The lowest BCUT2D eigenvalue weighted by Gasteiger charge is -2.23. The molecule has 0 radical (unpaired) electrons. The van der Waals surface area contributed by atoms with Crippen LogP contribution in [0.2, 0.25) is 0 Å². The minimum absolute atomic E-state index is 0.0772. The summed E-state index contributed by atoms with van der Waals surface area (Å²) in [5.41, 5.74) is 0.217. The maximum absolute atomic E-state index is 13.7. The number of hydrogen-bond donors (Lipinski definition) is 3. The molecule has 140 valence electrons. The summed E-state index contributed by atoms with van der Waals surface area (Å²) < 4.78 is 18.9. The zero-order chi connectivity index (χ0) is 19.1. The Hall–Kier alpha value is -2.74. The number of benzene rings is 1. The van der Waals surface area contributed by atoms with Gasteiger partial charge in [0.1, 0.15) is 11.9 Å². The molecular weight excluding hydrogens is 341 g/mol. The van der Waals surface area contributed by atoms with Crippen molar-refractivity contribution in [2.75, 3.05) is 23.8 Å². The molecule has 1 unspecified atom stereocenters. The molecule has 3 N–H and O–H groups in total. The lowest BCUT2D eigenvalue weighted by molar-refractivity contribution is -0.131. The van der Waals surface area contributed by atoms with E-state index >= 15 is 0 Å². The van der Waals surface area contributed by atoms with Gasteiger partial charge in [0.05, 0.1) is 5.69 Å². The van der Waals surface area contributed by atoms with Crippen molar-refractivity contribution in [2.24, 2.45) is 5.92 Å². The van der Waals surface area contributed by atoms with Crippen molar-refractivity contribution in [3.05, 3.63) is 36.7 Å². The van der Waals surface area contributed by atoms with Crippen LogP contribution in [0.15, 0.2) is 30.9 Å². The summed E-state index contributed by atoms with van der Waals surface area (Å²) in [7, 11) is 0. The molecule has 1 atom stereocenters. The van der Waals surface area contributed by atoms with Crippen molar-refractivity contribution in [1.29, 1.82) is 0 Å². The molecule has 0 saturated carbocycles. The second kappa shape index (κ2) is 9.10. The monoisotopic (exact) mass is 363 g/mol. The third-order valence-corrected chi connectivity index (χ3v) is 4.02. The average Bonchev–Trinajstić information content (AvgIpc) is 2.64. The molecule has 8 heteroatoms. The van der Waals surface area contributed by atoms with Crippen molar-refractivity contribution in [2.45, 2.75) is 25.8 Å². The van der Waals surface area contributed by atoms with E-state index in [0.29, 0.717) is 31.7 Å². The molecule has 3 amide bonds. The van der Waals surface area contributed by atoms with Gasteiger partial charge in [-0.1, -0.05) is 6.58 Å². The Kier molecular flexibility index (Phi) is 6.85. The van der Waals surface area contributed by atoms with Crippen LogP contribution in [0.1, 0.15) is 19.8 Å². The van der Waals surface area contributed by atoms with Crippen molar-refractivity contribution in [1.82, 2.24) is 5.32 Å². The first-order valence-electron chi connectivity index (χ1n) is 8.32. The van der Waals surface area contributed by atoms with E-state index in [-0.39, 0.29) is 17.5 Å². The molecule has 26 heavy (non-hydrogen) atoms. The van der Waals surface area contributed by atoms with Gasteiger partial charge in [0.15, 0.2) is 0 Å². The number of anilines is 2. The van der Waals surface area contributed by atoms with Crippen molar-refractivity contribution < 1.29 is 23.5 Å². The molecule has 1 fully saturated rings. The second-order valence-corrected chi connectivity index (χ2v) is 5.99. The lowest BCUT2D eigenvalue weighted by atomic mass is 9.99. The number of hydrogen-bond acceptors (Lipinski definition) is 4. The van der Waals surface area contributed by atoms with Crippen LogP contribution < -0.4 is 16.0 Å². The maximum atomic E-state index is 13.7. The Morgan fingerprint density at radius 3 is 2.62 bits per heavy atom. The molecular formula is C18H22FN3O4. The molecule has 1 saturated heterocycles. The Balaban J connectivity index is 1.95. The molecule has 0 spiro atoms. The third kappa shape index (κ3) is 5.38. The van der Waals surface area contributed by atoms with E-state index < -0.39 is 23.7 Å². The fourth-order valence-corrected chi connectivity index (χ4v) is 2.49. The summed E-state index contributed by atoms with van der Waals surface area (Å²) in [5.74, 6) is -2.00. The molecule has 0 aromatic heterocycles. The minimum Gasteiger partial charge on any atom is -0.381 e. The number of carbonyl (C=O) groups excluding carboxylic acids is 3. The number of ether oxygens (including phenoxy) is 1. The lowest BCUT2D eigenvalue weighted by Crippen LogP contribution is -2.45. The molecule has 7 nitrogen and oxygen atoms in total. The zero-order valence-corrected chi connectivity index (χ0v) is 14.5. The molecule has 1 aromatic carbocycles. The highest BCUT2D eigenvalue weighted by molar-refractivity contribution is 6.00. The molecule has 1 aliphatic heterocycles. The van der Waals surface area contributed by atoms with Crippen LogP contribution >= 0.6 is 0 Å². The molecule has 2 rings (SSSR count). The SMILES string of the molecule is C=CC(=O)Nc1cc(NC(=O)C(C)NC(=O)C2CCOCC2)ccc1F. The van der Waals surface area contributed by atoms with Gasteiger partial charge in [-0.2, -0.15) is 0 Å². The molecule has 1 heterocycles. The van der Waals surface area contributed by atoms with E-state index in [0.717, 1.165) is 12.1 Å². The van der Waals surface area contributed by atoms with Crippen LogP contribution in [0.25, 0.3) is 0 Å². The molecule has 0 bridgehead atoms. The van der Waals surface area contributed by atoms with Gasteiger partial charge in [-0.05, 0) is 44.0 Å². The Morgan fingerprint density at radius 2 is 1.96 bits per heavy atom. The van der Waals surface area contributed by atoms with Gasteiger partial charge in [-0.3, -0.25) is 14.4 Å². The van der Waals surface area contributed by atoms with Gasteiger partial charge in [0, 0.05) is 24.8 Å². The van der Waals surface area contributed by atoms with Crippen LogP contribution in [-0.2, 0) is 19.1 Å². The number of carbonyl (C=O) groups is 3. The molecule has 1 aliphatic rings. The molecule has 0 aliphatic carbocycles. The topological polar surface area (TPSA) is 96.5 Å². The van der Waals surface area contributed by atoms with E-state index in [9.17, 15) is 18.8 Å². The van der Waals surface area contributed by atoms with Crippen LogP contribution in [0, 0.1) is 11.7 Å².